The van der Waals surface area contributed by atoms with Gasteiger partial charge in [0.15, 0.2) is 6.10 Å². The molecule has 2 rings (SSSR count). The lowest BCUT2D eigenvalue weighted by Crippen LogP contribution is -2.43. The zero-order chi connectivity index (χ0) is 12.0. The molecular formula is C10H15ClF3NO2. The molecule has 3 nitrogen and oxygen atoms in total. The topological polar surface area (TPSA) is 49.3 Å². The zero-order valence-corrected chi connectivity index (χ0v) is 9.90. The fraction of sp³-hybridized carbons (Fsp3) is 0.900. The summed E-state index contributed by atoms with van der Waals surface area (Å²) < 4.78 is 35.9. The van der Waals surface area contributed by atoms with Crippen molar-refractivity contribution in [1.82, 2.24) is 5.32 Å². The number of hydrogen-bond acceptors (Lipinski definition) is 2. The van der Waals surface area contributed by atoms with E-state index in [0.717, 1.165) is 25.7 Å². The van der Waals surface area contributed by atoms with Gasteiger partial charge in [-0.25, -0.2) is 0 Å². The van der Waals surface area contributed by atoms with Crippen LogP contribution in [0.1, 0.15) is 25.7 Å². The number of aliphatic hydroxyl groups is 1. The quantitative estimate of drug-likeness (QED) is 0.821. The van der Waals surface area contributed by atoms with Crippen molar-refractivity contribution in [3.8, 4) is 0 Å². The van der Waals surface area contributed by atoms with Gasteiger partial charge in [-0.2, -0.15) is 13.2 Å². The highest BCUT2D eigenvalue weighted by molar-refractivity contribution is 5.86. The summed E-state index contributed by atoms with van der Waals surface area (Å²) in [5.41, 5.74) is -0.398. The number of alkyl halides is 3. The number of fused-ring (bicyclic) bond motifs is 1. The molecule has 2 aliphatic rings. The van der Waals surface area contributed by atoms with Gasteiger partial charge in [-0.3, -0.25) is 4.79 Å². The van der Waals surface area contributed by atoms with E-state index in [1.54, 1.807) is 0 Å². The smallest absolute Gasteiger partial charge is 0.382 e. The minimum atomic E-state index is -4.66. The first kappa shape index (κ1) is 14.6. The molecule has 2 fully saturated rings. The Morgan fingerprint density at radius 3 is 2.59 bits per heavy atom. The molecule has 2 N–H and O–H groups in total. The van der Waals surface area contributed by atoms with Crippen LogP contribution in [0.3, 0.4) is 0 Å². The van der Waals surface area contributed by atoms with E-state index >= 15 is 0 Å². The van der Waals surface area contributed by atoms with Crippen LogP contribution in [0.25, 0.3) is 0 Å². The Hall–Kier alpha value is -0.490. The molecule has 0 bridgehead atoms. The first-order chi connectivity index (χ1) is 7.36. The van der Waals surface area contributed by atoms with Gasteiger partial charge in [-0.1, -0.05) is 6.42 Å². The Morgan fingerprint density at radius 2 is 2.18 bits per heavy atom. The Balaban J connectivity index is 0.00000144. The van der Waals surface area contributed by atoms with Crippen LogP contribution in [0.2, 0.25) is 0 Å². The largest absolute Gasteiger partial charge is 0.416 e. The highest BCUT2D eigenvalue weighted by atomic mass is 35.5. The molecule has 0 aromatic heterocycles. The van der Waals surface area contributed by atoms with Crippen molar-refractivity contribution in [3.05, 3.63) is 0 Å². The van der Waals surface area contributed by atoms with Crippen LogP contribution in [0.5, 0.6) is 0 Å². The Kier molecular flexibility index (Phi) is 3.98. The van der Waals surface area contributed by atoms with E-state index in [-0.39, 0.29) is 18.3 Å². The third kappa shape index (κ3) is 2.68. The number of amides is 1. The summed E-state index contributed by atoms with van der Waals surface area (Å²) >= 11 is 0. The lowest BCUT2D eigenvalue weighted by molar-refractivity contribution is -0.202. The normalized spacial score (nSPS) is 32.4. The highest BCUT2D eigenvalue weighted by Crippen LogP contribution is 2.63. The molecule has 0 aromatic carbocycles. The fourth-order valence-electron chi connectivity index (χ4n) is 2.60. The van der Waals surface area contributed by atoms with Gasteiger partial charge in [0.2, 0.25) is 5.91 Å². The Bertz CT molecular complexity index is 310. The molecule has 0 aliphatic heterocycles. The van der Waals surface area contributed by atoms with Gasteiger partial charge in [0.25, 0.3) is 0 Å². The molecule has 7 heteroatoms. The van der Waals surface area contributed by atoms with Crippen LogP contribution < -0.4 is 5.32 Å². The number of rotatable bonds is 3. The SMILES string of the molecule is Cl.O=C(NCC(O)C(F)(F)F)C12CCCC1C2. The monoisotopic (exact) mass is 273 g/mol. The van der Waals surface area contributed by atoms with Crippen molar-refractivity contribution >= 4 is 18.3 Å². The predicted octanol–water partition coefficient (Wildman–Crippen LogP) is 1.64. The molecular weight excluding hydrogens is 259 g/mol. The third-order valence-electron chi connectivity index (χ3n) is 3.69. The van der Waals surface area contributed by atoms with Crippen molar-refractivity contribution in [2.45, 2.75) is 38.0 Å². The van der Waals surface area contributed by atoms with Crippen LogP contribution in [0, 0.1) is 11.3 Å². The van der Waals surface area contributed by atoms with Crippen molar-refractivity contribution < 1.29 is 23.1 Å². The second kappa shape index (κ2) is 4.65. The summed E-state index contributed by atoms with van der Waals surface area (Å²) in [5, 5.41) is 10.9. The number of carbonyl (C=O) groups excluding carboxylic acids is 1. The Morgan fingerprint density at radius 1 is 1.53 bits per heavy atom. The zero-order valence-electron chi connectivity index (χ0n) is 9.09. The summed E-state index contributed by atoms with van der Waals surface area (Å²) in [5.74, 6) is 0.0360. The van der Waals surface area contributed by atoms with Crippen LogP contribution in [0.15, 0.2) is 0 Å². The molecule has 100 valence electrons. The number of nitrogens with one attached hydrogen (secondary N) is 1. The van der Waals surface area contributed by atoms with E-state index < -0.39 is 24.2 Å². The molecule has 0 spiro atoms. The molecule has 0 aromatic rings. The lowest BCUT2D eigenvalue weighted by Gasteiger charge is -2.17. The van der Waals surface area contributed by atoms with Crippen molar-refractivity contribution in [2.24, 2.45) is 11.3 Å². The molecule has 3 atom stereocenters. The van der Waals surface area contributed by atoms with E-state index in [1.165, 1.54) is 0 Å². The van der Waals surface area contributed by atoms with Crippen LogP contribution in [-0.2, 0) is 4.79 Å². The van der Waals surface area contributed by atoms with Crippen molar-refractivity contribution in [2.75, 3.05) is 6.54 Å². The molecule has 3 unspecified atom stereocenters. The average Bonchev–Trinajstić information content (AvgIpc) is 2.76. The first-order valence-electron chi connectivity index (χ1n) is 5.39. The maximum atomic E-state index is 12.0. The fourth-order valence-corrected chi connectivity index (χ4v) is 2.60. The molecule has 1 amide bonds. The summed E-state index contributed by atoms with van der Waals surface area (Å²) in [6, 6.07) is 0. The lowest BCUT2D eigenvalue weighted by atomic mass is 10.0. The third-order valence-corrected chi connectivity index (χ3v) is 3.69. The first-order valence-corrected chi connectivity index (χ1v) is 5.39. The predicted molar refractivity (Wildman–Crippen MR) is 56.7 cm³/mol. The average molecular weight is 274 g/mol. The summed E-state index contributed by atoms with van der Waals surface area (Å²) in [6.07, 6.45) is -3.60. The van der Waals surface area contributed by atoms with E-state index in [2.05, 4.69) is 5.32 Å². The van der Waals surface area contributed by atoms with Gasteiger partial charge >= 0.3 is 6.18 Å². The van der Waals surface area contributed by atoms with Crippen LogP contribution in [0.4, 0.5) is 13.2 Å². The summed E-state index contributed by atoms with van der Waals surface area (Å²) in [7, 11) is 0. The highest BCUT2D eigenvalue weighted by Gasteiger charge is 2.61. The number of carbonyl (C=O) groups is 1. The number of hydrogen-bond donors (Lipinski definition) is 2. The molecule has 2 saturated carbocycles. The van der Waals surface area contributed by atoms with Gasteiger partial charge in [-0.05, 0) is 25.2 Å². The van der Waals surface area contributed by atoms with Gasteiger partial charge in [0, 0.05) is 0 Å². The second-order valence-corrected chi connectivity index (χ2v) is 4.72. The van der Waals surface area contributed by atoms with E-state index in [0.29, 0.717) is 5.92 Å². The van der Waals surface area contributed by atoms with Gasteiger partial charge in [-0.15, -0.1) is 12.4 Å². The van der Waals surface area contributed by atoms with Gasteiger partial charge in [0.05, 0.1) is 12.0 Å². The Labute approximate surface area is 103 Å². The van der Waals surface area contributed by atoms with Crippen molar-refractivity contribution in [1.29, 1.82) is 0 Å². The molecule has 0 saturated heterocycles. The van der Waals surface area contributed by atoms with Crippen LogP contribution >= 0.6 is 12.4 Å². The maximum absolute atomic E-state index is 12.0. The maximum Gasteiger partial charge on any atom is 0.416 e. The number of halogens is 4. The molecule has 0 heterocycles. The van der Waals surface area contributed by atoms with E-state index in [1.807, 2.05) is 0 Å². The minimum absolute atomic E-state index is 0. The standard InChI is InChI=1S/C10H14F3NO2.ClH/c11-10(12,13)7(15)5-14-8(16)9-3-1-2-6(9)4-9;/h6-7,15H,1-5H2,(H,14,16);1H. The summed E-state index contributed by atoms with van der Waals surface area (Å²) in [4.78, 5) is 11.7. The van der Waals surface area contributed by atoms with Crippen LogP contribution in [-0.4, -0.2) is 29.8 Å². The van der Waals surface area contributed by atoms with Crippen molar-refractivity contribution in [3.63, 3.8) is 0 Å². The molecule has 17 heavy (non-hydrogen) atoms. The van der Waals surface area contributed by atoms with E-state index in [9.17, 15) is 18.0 Å². The summed E-state index contributed by atoms with van der Waals surface area (Å²) in [6.45, 7) is -0.739. The van der Waals surface area contributed by atoms with Gasteiger partial charge < -0.3 is 10.4 Å². The molecule has 0 radical (unpaired) electrons. The van der Waals surface area contributed by atoms with Gasteiger partial charge in [0.1, 0.15) is 0 Å². The van der Waals surface area contributed by atoms with E-state index in [4.69, 9.17) is 5.11 Å². The number of aliphatic hydroxyl groups excluding tert-OH is 1. The molecule has 2 aliphatic carbocycles. The minimum Gasteiger partial charge on any atom is -0.382 e. The second-order valence-electron chi connectivity index (χ2n) is 4.72.